The zero-order valence-corrected chi connectivity index (χ0v) is 11.5. The van der Waals surface area contributed by atoms with Crippen molar-refractivity contribution >= 4 is 5.97 Å². The van der Waals surface area contributed by atoms with Gasteiger partial charge in [-0.1, -0.05) is 13.8 Å². The quantitative estimate of drug-likeness (QED) is 0.737. The van der Waals surface area contributed by atoms with Gasteiger partial charge in [0.05, 0.1) is 7.11 Å². The molecule has 0 bridgehead atoms. The molecule has 0 amide bonds. The van der Waals surface area contributed by atoms with Crippen LogP contribution in [0, 0.1) is 5.92 Å². The highest BCUT2D eigenvalue weighted by molar-refractivity contribution is 5.75. The number of ether oxygens (including phenoxy) is 1. The van der Waals surface area contributed by atoms with Gasteiger partial charge in [0.15, 0.2) is 0 Å². The van der Waals surface area contributed by atoms with E-state index in [0.29, 0.717) is 6.04 Å². The number of hydrogen-bond acceptors (Lipinski definition) is 4. The van der Waals surface area contributed by atoms with E-state index in [4.69, 9.17) is 4.74 Å². The average Bonchev–Trinajstić information content (AvgIpc) is 2.30. The van der Waals surface area contributed by atoms with E-state index >= 15 is 0 Å². The van der Waals surface area contributed by atoms with Crippen molar-refractivity contribution in [2.24, 2.45) is 5.92 Å². The summed E-state index contributed by atoms with van der Waals surface area (Å²) in [7, 11) is 1.44. The largest absolute Gasteiger partial charge is 0.468 e. The maximum absolute atomic E-state index is 11.3. The van der Waals surface area contributed by atoms with Gasteiger partial charge in [0.2, 0.25) is 0 Å². The minimum Gasteiger partial charge on any atom is -0.468 e. The van der Waals surface area contributed by atoms with Crippen LogP contribution in [0.15, 0.2) is 0 Å². The first-order valence-electron chi connectivity index (χ1n) is 6.59. The van der Waals surface area contributed by atoms with E-state index in [0.717, 1.165) is 31.8 Å². The Kier molecular flexibility index (Phi) is 5.92. The van der Waals surface area contributed by atoms with Gasteiger partial charge < -0.3 is 15.0 Å². The molecule has 1 N–H and O–H groups in total. The molecule has 1 atom stereocenters. The summed E-state index contributed by atoms with van der Waals surface area (Å²) in [5.41, 5.74) is 0. The maximum Gasteiger partial charge on any atom is 0.322 e. The van der Waals surface area contributed by atoms with Crippen LogP contribution >= 0.6 is 0 Å². The van der Waals surface area contributed by atoms with Gasteiger partial charge in [0, 0.05) is 12.6 Å². The summed E-state index contributed by atoms with van der Waals surface area (Å²) in [6.07, 6.45) is 2.24. The van der Waals surface area contributed by atoms with Crippen molar-refractivity contribution in [2.75, 3.05) is 26.7 Å². The standard InChI is InChI=1S/C13H26N2O2/c1-10(2)9-15-7-5-12(6-8-15)14-11(3)13(16)17-4/h10-12,14H,5-9H2,1-4H3/t11-/m0/s1. The topological polar surface area (TPSA) is 41.6 Å². The fraction of sp³-hybridized carbons (Fsp3) is 0.923. The fourth-order valence-corrected chi connectivity index (χ4v) is 2.40. The lowest BCUT2D eigenvalue weighted by Gasteiger charge is -2.34. The zero-order valence-electron chi connectivity index (χ0n) is 11.5. The van der Waals surface area contributed by atoms with E-state index in [1.165, 1.54) is 13.7 Å². The van der Waals surface area contributed by atoms with E-state index in [9.17, 15) is 4.79 Å². The van der Waals surface area contributed by atoms with Crippen molar-refractivity contribution in [3.63, 3.8) is 0 Å². The Morgan fingerprint density at radius 2 is 1.94 bits per heavy atom. The molecule has 0 spiro atoms. The predicted octanol–water partition coefficient (Wildman–Crippen LogP) is 1.26. The molecule has 0 aliphatic carbocycles. The van der Waals surface area contributed by atoms with Crippen LogP contribution in [0.5, 0.6) is 0 Å². The second kappa shape index (κ2) is 6.97. The molecule has 0 unspecified atom stereocenters. The Bertz CT molecular complexity index is 236. The third-order valence-electron chi connectivity index (χ3n) is 3.25. The summed E-state index contributed by atoms with van der Waals surface area (Å²) in [6, 6.07) is 0.258. The van der Waals surface area contributed by atoms with Crippen molar-refractivity contribution in [1.29, 1.82) is 0 Å². The van der Waals surface area contributed by atoms with E-state index in [2.05, 4.69) is 24.1 Å². The minimum atomic E-state index is -0.193. The number of piperidine rings is 1. The van der Waals surface area contributed by atoms with Crippen molar-refractivity contribution in [2.45, 2.75) is 45.7 Å². The smallest absolute Gasteiger partial charge is 0.322 e. The third kappa shape index (κ3) is 5.04. The van der Waals surface area contributed by atoms with Crippen molar-refractivity contribution in [3.8, 4) is 0 Å². The molecule has 0 aromatic carbocycles. The summed E-state index contributed by atoms with van der Waals surface area (Å²) in [5.74, 6) is 0.558. The first kappa shape index (κ1) is 14.5. The van der Waals surface area contributed by atoms with Crippen LogP contribution in [0.2, 0.25) is 0 Å². The average molecular weight is 242 g/mol. The first-order valence-corrected chi connectivity index (χ1v) is 6.59. The van der Waals surface area contributed by atoms with E-state index in [1.807, 2.05) is 6.92 Å². The van der Waals surface area contributed by atoms with Crippen molar-refractivity contribution < 1.29 is 9.53 Å². The Morgan fingerprint density at radius 3 is 2.41 bits per heavy atom. The first-order chi connectivity index (χ1) is 8.02. The number of nitrogens with zero attached hydrogens (tertiary/aromatic N) is 1. The number of carbonyl (C=O) groups excluding carboxylic acids is 1. The molecule has 0 radical (unpaired) electrons. The minimum absolute atomic E-state index is 0.172. The third-order valence-corrected chi connectivity index (χ3v) is 3.25. The molecule has 1 aliphatic heterocycles. The molecule has 1 heterocycles. The Labute approximate surface area is 105 Å². The van der Waals surface area contributed by atoms with E-state index in [-0.39, 0.29) is 12.0 Å². The molecule has 1 saturated heterocycles. The van der Waals surface area contributed by atoms with E-state index < -0.39 is 0 Å². The highest BCUT2D eigenvalue weighted by Gasteiger charge is 2.23. The second-order valence-corrected chi connectivity index (χ2v) is 5.38. The van der Waals surface area contributed by atoms with Gasteiger partial charge in [0.25, 0.3) is 0 Å². The normalized spacial score (nSPS) is 20.5. The second-order valence-electron chi connectivity index (χ2n) is 5.38. The van der Waals surface area contributed by atoms with Gasteiger partial charge in [0.1, 0.15) is 6.04 Å². The van der Waals surface area contributed by atoms with Crippen LogP contribution in [0.25, 0.3) is 0 Å². The highest BCUT2D eigenvalue weighted by atomic mass is 16.5. The Balaban J connectivity index is 2.25. The molecule has 4 nitrogen and oxygen atoms in total. The lowest BCUT2D eigenvalue weighted by Crippen LogP contribution is -2.48. The molecule has 100 valence electrons. The molecular formula is C13H26N2O2. The van der Waals surface area contributed by atoms with Crippen LogP contribution in [-0.2, 0) is 9.53 Å². The number of nitrogens with one attached hydrogen (secondary N) is 1. The molecular weight excluding hydrogens is 216 g/mol. The molecule has 0 saturated carbocycles. The number of hydrogen-bond donors (Lipinski definition) is 1. The van der Waals surface area contributed by atoms with Crippen LogP contribution in [0.3, 0.4) is 0 Å². The van der Waals surface area contributed by atoms with Gasteiger partial charge in [-0.25, -0.2) is 0 Å². The van der Waals surface area contributed by atoms with Crippen molar-refractivity contribution in [1.82, 2.24) is 10.2 Å². The fourth-order valence-electron chi connectivity index (χ4n) is 2.40. The van der Waals surface area contributed by atoms with Gasteiger partial charge in [-0.3, -0.25) is 4.79 Å². The molecule has 0 aromatic rings. The molecule has 0 aromatic heterocycles. The van der Waals surface area contributed by atoms with Crippen LogP contribution in [0.4, 0.5) is 0 Å². The van der Waals surface area contributed by atoms with E-state index in [1.54, 1.807) is 0 Å². The lowest BCUT2D eigenvalue weighted by molar-refractivity contribution is -0.142. The van der Waals surface area contributed by atoms with Gasteiger partial charge in [-0.05, 0) is 38.8 Å². The number of likely N-dealkylation sites (tertiary alicyclic amines) is 1. The van der Waals surface area contributed by atoms with Gasteiger partial charge >= 0.3 is 5.97 Å². The summed E-state index contributed by atoms with van der Waals surface area (Å²) in [4.78, 5) is 13.8. The lowest BCUT2D eigenvalue weighted by atomic mass is 10.0. The molecule has 1 rings (SSSR count). The number of rotatable bonds is 5. The summed E-state index contributed by atoms with van der Waals surface area (Å²) < 4.78 is 4.72. The molecule has 1 aliphatic rings. The summed E-state index contributed by atoms with van der Waals surface area (Å²) in [5, 5.41) is 3.34. The number of carbonyl (C=O) groups is 1. The van der Waals surface area contributed by atoms with Crippen LogP contribution in [-0.4, -0.2) is 49.7 Å². The SMILES string of the molecule is COC(=O)[C@H](C)NC1CCN(CC(C)C)CC1. The maximum atomic E-state index is 11.3. The van der Waals surface area contributed by atoms with Crippen LogP contribution in [0.1, 0.15) is 33.6 Å². The number of methoxy groups -OCH3 is 1. The van der Waals surface area contributed by atoms with Crippen molar-refractivity contribution in [3.05, 3.63) is 0 Å². The highest BCUT2D eigenvalue weighted by Crippen LogP contribution is 2.12. The summed E-state index contributed by atoms with van der Waals surface area (Å²) in [6.45, 7) is 9.81. The molecule has 1 fully saturated rings. The molecule has 4 heteroatoms. The monoisotopic (exact) mass is 242 g/mol. The zero-order chi connectivity index (χ0) is 12.8. The number of esters is 1. The molecule has 17 heavy (non-hydrogen) atoms. The van der Waals surface area contributed by atoms with Crippen LogP contribution < -0.4 is 5.32 Å². The van der Waals surface area contributed by atoms with Gasteiger partial charge in [-0.2, -0.15) is 0 Å². The Morgan fingerprint density at radius 1 is 1.35 bits per heavy atom. The summed E-state index contributed by atoms with van der Waals surface area (Å²) >= 11 is 0. The Hall–Kier alpha value is -0.610. The van der Waals surface area contributed by atoms with Gasteiger partial charge in [-0.15, -0.1) is 0 Å². The predicted molar refractivity (Wildman–Crippen MR) is 68.9 cm³/mol.